The van der Waals surface area contributed by atoms with Crippen molar-refractivity contribution in [3.05, 3.63) is 36.6 Å². The summed E-state index contributed by atoms with van der Waals surface area (Å²) in [5, 5.41) is 0. The van der Waals surface area contributed by atoms with Crippen molar-refractivity contribution in [2.24, 2.45) is 0 Å². The number of allylic oxidation sites excluding steroid dienone is 2. The minimum atomic E-state index is -0.479. The molecule has 122 valence electrons. The van der Waals surface area contributed by atoms with Gasteiger partial charge >= 0.3 is 11.9 Å². The molecule has 0 rings (SSSR count). The van der Waals surface area contributed by atoms with E-state index in [1.165, 1.54) is 0 Å². The summed E-state index contributed by atoms with van der Waals surface area (Å²) in [6.45, 7) is 7.79. The van der Waals surface area contributed by atoms with Crippen LogP contribution in [0.5, 0.6) is 0 Å². The normalized spacial score (nSPS) is 10.3. The van der Waals surface area contributed by atoms with Gasteiger partial charge in [-0.25, -0.2) is 4.79 Å². The average molecular weight is 308 g/mol. The zero-order valence-electron chi connectivity index (χ0n) is 13.2. The average Bonchev–Trinajstić information content (AvgIpc) is 2.53. The van der Waals surface area contributed by atoms with Crippen LogP contribution in [0.15, 0.2) is 36.6 Å². The van der Waals surface area contributed by atoms with Gasteiger partial charge < -0.3 is 14.2 Å². The van der Waals surface area contributed by atoms with Crippen LogP contribution in [0.25, 0.3) is 0 Å². The Kier molecular flexibility index (Phi) is 16.4. The molecule has 0 amide bonds. The number of rotatable bonds is 10. The van der Waals surface area contributed by atoms with Crippen molar-refractivity contribution < 1.29 is 23.8 Å². The molecule has 22 heavy (non-hydrogen) atoms. The fourth-order valence-corrected chi connectivity index (χ4v) is 1.23. The van der Waals surface area contributed by atoms with E-state index in [-0.39, 0.29) is 25.6 Å². The van der Waals surface area contributed by atoms with Crippen LogP contribution >= 0.6 is 0 Å². The second-order valence-electron chi connectivity index (χ2n) is 3.65. The first-order chi connectivity index (χ1) is 10.6. The number of hydrogen-bond donors (Lipinski definition) is 0. The van der Waals surface area contributed by atoms with E-state index in [0.29, 0.717) is 12.4 Å². The minimum Gasteiger partial charge on any atom is -0.490 e. The molecule has 0 aliphatic heterocycles. The van der Waals surface area contributed by atoms with Crippen molar-refractivity contribution in [1.82, 2.24) is 0 Å². The van der Waals surface area contributed by atoms with Crippen LogP contribution < -0.4 is 0 Å². The quantitative estimate of drug-likeness (QED) is 0.155. The molecule has 0 bridgehead atoms. The lowest BCUT2D eigenvalue weighted by molar-refractivity contribution is -0.142. The van der Waals surface area contributed by atoms with E-state index in [4.69, 9.17) is 14.2 Å². The Morgan fingerprint density at radius 1 is 1.09 bits per heavy atom. The largest absolute Gasteiger partial charge is 0.490 e. The van der Waals surface area contributed by atoms with Crippen molar-refractivity contribution >= 4 is 11.9 Å². The molecule has 0 aromatic rings. The van der Waals surface area contributed by atoms with Crippen LogP contribution in [0.2, 0.25) is 0 Å². The fourth-order valence-electron chi connectivity index (χ4n) is 1.23. The molecule has 0 aliphatic carbocycles. The summed E-state index contributed by atoms with van der Waals surface area (Å²) in [6.07, 6.45) is 15.3. The van der Waals surface area contributed by atoms with Gasteiger partial charge in [-0.2, -0.15) is 0 Å². The predicted octanol–water partition coefficient (Wildman–Crippen LogP) is 2.78. The SMILES string of the molecule is C#C.C=CC(=O)OCCOC(/C=C\CC(=O)OCC)=C/CC. The molecule has 5 nitrogen and oxygen atoms in total. The highest BCUT2D eigenvalue weighted by Gasteiger charge is 1.99. The summed E-state index contributed by atoms with van der Waals surface area (Å²) in [6, 6.07) is 0. The van der Waals surface area contributed by atoms with Gasteiger partial charge in [0.2, 0.25) is 0 Å². The highest BCUT2D eigenvalue weighted by Crippen LogP contribution is 2.03. The van der Waals surface area contributed by atoms with Gasteiger partial charge in [0.25, 0.3) is 0 Å². The van der Waals surface area contributed by atoms with Gasteiger partial charge in [-0.05, 0) is 25.5 Å². The van der Waals surface area contributed by atoms with E-state index in [1.54, 1.807) is 19.1 Å². The Morgan fingerprint density at radius 3 is 2.27 bits per heavy atom. The minimum absolute atomic E-state index is 0.150. The van der Waals surface area contributed by atoms with Crippen molar-refractivity contribution in [3.63, 3.8) is 0 Å². The lowest BCUT2D eigenvalue weighted by atomic mass is 10.3. The van der Waals surface area contributed by atoms with Crippen molar-refractivity contribution in [3.8, 4) is 12.8 Å². The molecule has 0 radical (unpaired) electrons. The zero-order valence-corrected chi connectivity index (χ0v) is 13.2. The van der Waals surface area contributed by atoms with Crippen LogP contribution in [0.4, 0.5) is 0 Å². The van der Waals surface area contributed by atoms with Gasteiger partial charge in [0.15, 0.2) is 0 Å². The van der Waals surface area contributed by atoms with Gasteiger partial charge in [0.1, 0.15) is 19.0 Å². The standard InChI is InChI=1S/C15H22O5.C2H2/c1-4-8-13(9-7-10-15(17)18-6-3)19-11-12-20-14(16)5-2;1-2/h5,7-9H,2,4,6,10-12H2,1,3H3;1-2H/b9-7-,13-8+;. The molecule has 0 atom stereocenters. The van der Waals surface area contributed by atoms with Crippen LogP contribution in [0, 0.1) is 12.8 Å². The molecule has 0 saturated heterocycles. The molecule has 5 heteroatoms. The topological polar surface area (TPSA) is 61.8 Å². The summed E-state index contributed by atoms with van der Waals surface area (Å²) in [5.41, 5.74) is 0. The second-order valence-corrected chi connectivity index (χ2v) is 3.65. The Bertz CT molecular complexity index is 405. The van der Waals surface area contributed by atoms with Crippen molar-refractivity contribution in [2.75, 3.05) is 19.8 Å². The van der Waals surface area contributed by atoms with E-state index in [1.807, 2.05) is 13.0 Å². The third-order valence-corrected chi connectivity index (χ3v) is 2.04. The Labute approximate surface area is 132 Å². The van der Waals surface area contributed by atoms with Gasteiger partial charge in [-0.1, -0.05) is 19.6 Å². The second kappa shape index (κ2) is 16.6. The third-order valence-electron chi connectivity index (χ3n) is 2.04. The van der Waals surface area contributed by atoms with Gasteiger partial charge in [0.05, 0.1) is 13.0 Å². The van der Waals surface area contributed by atoms with E-state index >= 15 is 0 Å². The van der Waals surface area contributed by atoms with Crippen LogP contribution in [0.1, 0.15) is 26.7 Å². The number of terminal acetylenes is 1. The lowest BCUT2D eigenvalue weighted by Crippen LogP contribution is -2.08. The molecule has 0 saturated carbocycles. The predicted molar refractivity (Wildman–Crippen MR) is 85.8 cm³/mol. The number of carbonyl (C=O) groups is 2. The smallest absolute Gasteiger partial charge is 0.330 e. The molecular weight excluding hydrogens is 284 g/mol. The van der Waals surface area contributed by atoms with Crippen LogP contribution in [-0.2, 0) is 23.8 Å². The maximum Gasteiger partial charge on any atom is 0.330 e. The lowest BCUT2D eigenvalue weighted by Gasteiger charge is -2.07. The molecule has 0 aromatic carbocycles. The monoisotopic (exact) mass is 308 g/mol. The molecule has 0 unspecified atom stereocenters. The Balaban J connectivity index is 0. The summed E-state index contributed by atoms with van der Waals surface area (Å²) in [5.74, 6) is -0.126. The summed E-state index contributed by atoms with van der Waals surface area (Å²) >= 11 is 0. The van der Waals surface area contributed by atoms with Gasteiger partial charge in [-0.3, -0.25) is 4.79 Å². The van der Waals surface area contributed by atoms with Gasteiger partial charge in [-0.15, -0.1) is 12.8 Å². The van der Waals surface area contributed by atoms with E-state index in [2.05, 4.69) is 19.4 Å². The Hall–Kier alpha value is -2.48. The molecule has 0 heterocycles. The van der Waals surface area contributed by atoms with Gasteiger partial charge in [0, 0.05) is 6.08 Å². The fraction of sp³-hybridized carbons (Fsp3) is 0.412. The Morgan fingerprint density at radius 2 is 1.73 bits per heavy atom. The third kappa shape index (κ3) is 13.9. The molecular formula is C17H24O5. The maximum atomic E-state index is 11.2. The number of carbonyl (C=O) groups excluding carboxylic acids is 2. The highest BCUT2D eigenvalue weighted by atomic mass is 16.6. The zero-order chi connectivity index (χ0) is 17.2. The molecule has 0 spiro atoms. The molecule has 0 fully saturated rings. The molecule has 0 N–H and O–H groups in total. The number of ether oxygens (including phenoxy) is 3. The van der Waals surface area contributed by atoms with Crippen molar-refractivity contribution in [2.45, 2.75) is 26.7 Å². The summed E-state index contributed by atoms with van der Waals surface area (Å²) in [4.78, 5) is 22.0. The number of esters is 2. The summed E-state index contributed by atoms with van der Waals surface area (Å²) < 4.78 is 15.0. The first kappa shape index (κ1) is 21.8. The van der Waals surface area contributed by atoms with E-state index in [9.17, 15) is 9.59 Å². The molecule has 0 aromatic heterocycles. The molecule has 0 aliphatic rings. The number of hydrogen-bond acceptors (Lipinski definition) is 5. The van der Waals surface area contributed by atoms with Crippen LogP contribution in [-0.4, -0.2) is 31.8 Å². The van der Waals surface area contributed by atoms with Crippen molar-refractivity contribution in [1.29, 1.82) is 0 Å². The van der Waals surface area contributed by atoms with E-state index in [0.717, 1.165) is 12.5 Å². The van der Waals surface area contributed by atoms with E-state index < -0.39 is 5.97 Å². The maximum absolute atomic E-state index is 11.2. The first-order valence-electron chi connectivity index (χ1n) is 6.91. The van der Waals surface area contributed by atoms with Crippen LogP contribution in [0.3, 0.4) is 0 Å². The summed E-state index contributed by atoms with van der Waals surface area (Å²) in [7, 11) is 0. The first-order valence-corrected chi connectivity index (χ1v) is 6.91. The highest BCUT2D eigenvalue weighted by molar-refractivity contribution is 5.81.